The van der Waals surface area contributed by atoms with Gasteiger partial charge in [-0.1, -0.05) is 41.9 Å². The molecular formula is C16H13ClO2. The van der Waals surface area contributed by atoms with Gasteiger partial charge in [-0.3, -0.25) is 0 Å². The number of benzene rings is 2. The predicted molar refractivity (Wildman–Crippen MR) is 76.5 cm³/mol. The molecule has 96 valence electrons. The number of rotatable bonds is 2. The zero-order valence-electron chi connectivity index (χ0n) is 10.4. The molecule has 0 saturated heterocycles. The van der Waals surface area contributed by atoms with Crippen molar-refractivity contribution in [1.29, 1.82) is 0 Å². The van der Waals surface area contributed by atoms with Crippen molar-refractivity contribution >= 4 is 22.6 Å². The van der Waals surface area contributed by atoms with Crippen molar-refractivity contribution in [2.75, 3.05) is 0 Å². The van der Waals surface area contributed by atoms with E-state index in [1.165, 1.54) is 0 Å². The average molecular weight is 273 g/mol. The summed E-state index contributed by atoms with van der Waals surface area (Å²) in [5.41, 5.74) is 2.65. The van der Waals surface area contributed by atoms with Crippen LogP contribution in [0.3, 0.4) is 0 Å². The Bertz CT molecular complexity index is 713. The second-order valence-electron chi connectivity index (χ2n) is 4.60. The first-order valence-corrected chi connectivity index (χ1v) is 6.45. The first-order chi connectivity index (χ1) is 9.15. The van der Waals surface area contributed by atoms with Gasteiger partial charge in [0.15, 0.2) is 0 Å². The van der Waals surface area contributed by atoms with Crippen LogP contribution in [0.5, 0.6) is 0 Å². The second kappa shape index (κ2) is 4.72. The van der Waals surface area contributed by atoms with Gasteiger partial charge in [-0.2, -0.15) is 0 Å². The molecule has 0 radical (unpaired) electrons. The molecule has 1 aromatic heterocycles. The van der Waals surface area contributed by atoms with Crippen LogP contribution < -0.4 is 0 Å². The zero-order chi connectivity index (χ0) is 13.4. The third-order valence-electron chi connectivity index (χ3n) is 3.22. The van der Waals surface area contributed by atoms with Crippen molar-refractivity contribution in [2.45, 2.75) is 13.0 Å². The Hall–Kier alpha value is -1.77. The Morgan fingerprint density at radius 2 is 1.84 bits per heavy atom. The lowest BCUT2D eigenvalue weighted by molar-refractivity contribution is 0.192. The number of hydrogen-bond acceptors (Lipinski definition) is 2. The molecule has 3 heteroatoms. The highest BCUT2D eigenvalue weighted by atomic mass is 35.5. The number of aliphatic hydroxyl groups is 1. The van der Waals surface area contributed by atoms with E-state index in [-0.39, 0.29) is 0 Å². The summed E-state index contributed by atoms with van der Waals surface area (Å²) in [5, 5.41) is 12.0. The van der Waals surface area contributed by atoms with Crippen LogP contribution in [0.4, 0.5) is 0 Å². The van der Waals surface area contributed by atoms with E-state index in [0.717, 1.165) is 22.1 Å². The molecule has 1 atom stereocenters. The lowest BCUT2D eigenvalue weighted by Gasteiger charge is -2.07. The van der Waals surface area contributed by atoms with Crippen LogP contribution in [0.1, 0.15) is 23.0 Å². The quantitative estimate of drug-likeness (QED) is 0.746. The molecule has 0 amide bonds. The van der Waals surface area contributed by atoms with Crippen LogP contribution in [0.25, 0.3) is 11.0 Å². The van der Waals surface area contributed by atoms with E-state index in [1.54, 1.807) is 24.3 Å². The van der Waals surface area contributed by atoms with E-state index in [1.807, 2.05) is 31.2 Å². The van der Waals surface area contributed by atoms with Gasteiger partial charge in [0.25, 0.3) is 0 Å². The minimum absolute atomic E-state index is 0.548. The number of aryl methyl sites for hydroxylation is 1. The largest absolute Gasteiger partial charge is 0.458 e. The van der Waals surface area contributed by atoms with Crippen LogP contribution >= 0.6 is 11.6 Å². The Morgan fingerprint density at radius 3 is 2.53 bits per heavy atom. The molecule has 2 aromatic carbocycles. The second-order valence-corrected chi connectivity index (χ2v) is 5.03. The zero-order valence-corrected chi connectivity index (χ0v) is 11.2. The van der Waals surface area contributed by atoms with E-state index in [0.29, 0.717) is 10.8 Å². The van der Waals surface area contributed by atoms with Gasteiger partial charge in [0.2, 0.25) is 0 Å². The van der Waals surface area contributed by atoms with Crippen LogP contribution in [0.2, 0.25) is 5.02 Å². The molecule has 1 heterocycles. The molecular weight excluding hydrogens is 260 g/mol. The highest BCUT2D eigenvalue weighted by Gasteiger charge is 2.16. The molecule has 0 saturated carbocycles. The molecule has 2 nitrogen and oxygen atoms in total. The minimum Gasteiger partial charge on any atom is -0.458 e. The molecule has 0 aliphatic rings. The van der Waals surface area contributed by atoms with E-state index in [2.05, 4.69) is 0 Å². The molecule has 1 N–H and O–H groups in total. The van der Waals surface area contributed by atoms with Crippen LogP contribution in [-0.2, 0) is 0 Å². The van der Waals surface area contributed by atoms with Gasteiger partial charge in [-0.25, -0.2) is 0 Å². The molecule has 19 heavy (non-hydrogen) atoms. The fourth-order valence-corrected chi connectivity index (χ4v) is 2.30. The van der Waals surface area contributed by atoms with Crippen molar-refractivity contribution in [2.24, 2.45) is 0 Å². The lowest BCUT2D eigenvalue weighted by Crippen LogP contribution is -1.97. The van der Waals surface area contributed by atoms with E-state index >= 15 is 0 Å². The number of para-hydroxylation sites is 1. The summed E-state index contributed by atoms with van der Waals surface area (Å²) in [6.07, 6.45) is -0.774. The summed E-state index contributed by atoms with van der Waals surface area (Å²) in [4.78, 5) is 0. The molecule has 1 unspecified atom stereocenters. The Morgan fingerprint density at radius 1 is 1.11 bits per heavy atom. The maximum atomic E-state index is 10.3. The van der Waals surface area contributed by atoms with Crippen LogP contribution in [0, 0.1) is 6.92 Å². The van der Waals surface area contributed by atoms with Gasteiger partial charge < -0.3 is 9.52 Å². The first-order valence-electron chi connectivity index (χ1n) is 6.08. The lowest BCUT2D eigenvalue weighted by atomic mass is 10.1. The Labute approximate surface area is 116 Å². The minimum atomic E-state index is -0.774. The Balaban J connectivity index is 2.04. The predicted octanol–water partition coefficient (Wildman–Crippen LogP) is 4.48. The van der Waals surface area contributed by atoms with Crippen LogP contribution in [-0.4, -0.2) is 5.11 Å². The molecule has 0 fully saturated rings. The molecule has 0 spiro atoms. The summed E-state index contributed by atoms with van der Waals surface area (Å²) in [6, 6.07) is 14.9. The summed E-state index contributed by atoms with van der Waals surface area (Å²) in [7, 11) is 0. The molecule has 0 bridgehead atoms. The van der Waals surface area contributed by atoms with E-state index in [4.69, 9.17) is 16.0 Å². The highest BCUT2D eigenvalue weighted by Crippen LogP contribution is 2.30. The summed E-state index contributed by atoms with van der Waals surface area (Å²) >= 11 is 5.84. The van der Waals surface area contributed by atoms with Crippen molar-refractivity contribution in [1.82, 2.24) is 0 Å². The van der Waals surface area contributed by atoms with Crippen molar-refractivity contribution < 1.29 is 9.52 Å². The van der Waals surface area contributed by atoms with Crippen LogP contribution in [0.15, 0.2) is 52.9 Å². The summed E-state index contributed by atoms with van der Waals surface area (Å²) in [5.74, 6) is 0.548. The smallest absolute Gasteiger partial charge is 0.138 e. The Kier molecular flexibility index (Phi) is 3.05. The van der Waals surface area contributed by atoms with Gasteiger partial charge in [-0.15, -0.1) is 0 Å². The number of furan rings is 1. The van der Waals surface area contributed by atoms with Gasteiger partial charge in [-0.05, 0) is 36.2 Å². The summed E-state index contributed by atoms with van der Waals surface area (Å²) < 4.78 is 5.76. The maximum absolute atomic E-state index is 10.3. The number of fused-ring (bicyclic) bond motifs is 1. The van der Waals surface area contributed by atoms with Crippen molar-refractivity contribution in [3.05, 3.63) is 70.4 Å². The molecule has 0 aliphatic carbocycles. The van der Waals surface area contributed by atoms with Gasteiger partial charge in [0, 0.05) is 10.4 Å². The van der Waals surface area contributed by atoms with Crippen molar-refractivity contribution in [3.63, 3.8) is 0 Å². The topological polar surface area (TPSA) is 33.4 Å². The normalized spacial score (nSPS) is 12.8. The van der Waals surface area contributed by atoms with Gasteiger partial charge >= 0.3 is 0 Å². The average Bonchev–Trinajstić information content (AvgIpc) is 2.84. The standard InChI is InChI=1S/C16H13ClO2/c1-10-3-2-4-12-9-14(19-16(10)12)15(18)11-5-7-13(17)8-6-11/h2-9,15,18H,1H3. The van der Waals surface area contributed by atoms with Gasteiger partial charge in [0.1, 0.15) is 17.4 Å². The fraction of sp³-hybridized carbons (Fsp3) is 0.125. The third-order valence-corrected chi connectivity index (χ3v) is 3.47. The molecule has 3 aromatic rings. The van der Waals surface area contributed by atoms with Gasteiger partial charge in [0.05, 0.1) is 0 Å². The number of aliphatic hydroxyl groups excluding tert-OH is 1. The highest BCUT2D eigenvalue weighted by molar-refractivity contribution is 6.30. The molecule has 0 aliphatic heterocycles. The molecule has 3 rings (SSSR count). The van der Waals surface area contributed by atoms with Crippen molar-refractivity contribution in [3.8, 4) is 0 Å². The maximum Gasteiger partial charge on any atom is 0.138 e. The first kappa shape index (κ1) is 12.3. The summed E-state index contributed by atoms with van der Waals surface area (Å²) in [6.45, 7) is 1.99. The SMILES string of the molecule is Cc1cccc2cc(C(O)c3ccc(Cl)cc3)oc12. The number of hydrogen-bond donors (Lipinski definition) is 1. The number of halogens is 1. The third kappa shape index (κ3) is 2.25. The van der Waals surface area contributed by atoms with E-state index in [9.17, 15) is 5.11 Å². The van der Waals surface area contributed by atoms with E-state index < -0.39 is 6.10 Å². The fourth-order valence-electron chi connectivity index (χ4n) is 2.17. The monoisotopic (exact) mass is 272 g/mol.